The summed E-state index contributed by atoms with van der Waals surface area (Å²) in [5.74, 6) is 0.843. The number of aliphatic imine (C=N–C) groups is 1. The largest absolute Gasteiger partial charge is 0.357 e. The summed E-state index contributed by atoms with van der Waals surface area (Å²) in [6.07, 6.45) is 3.99. The van der Waals surface area contributed by atoms with Gasteiger partial charge in [0.15, 0.2) is 5.96 Å². The second-order valence-electron chi connectivity index (χ2n) is 6.19. The van der Waals surface area contributed by atoms with Crippen molar-refractivity contribution < 1.29 is 0 Å². The van der Waals surface area contributed by atoms with Crippen LogP contribution >= 0.6 is 24.0 Å². The molecule has 5 heteroatoms. The van der Waals surface area contributed by atoms with Gasteiger partial charge in [-0.25, -0.2) is 4.99 Å². The number of fused-ring (bicyclic) bond motifs is 1. The van der Waals surface area contributed by atoms with Crippen LogP contribution in [0.5, 0.6) is 0 Å². The van der Waals surface area contributed by atoms with Crippen LogP contribution in [0, 0.1) is 0 Å². The molecule has 0 bridgehead atoms. The molecule has 142 valence electrons. The second kappa shape index (κ2) is 11.5. The Labute approximate surface area is 178 Å². The molecular formula is C22H27IN4. The van der Waals surface area contributed by atoms with Crippen molar-refractivity contribution in [1.82, 2.24) is 15.6 Å². The Morgan fingerprint density at radius 1 is 0.963 bits per heavy atom. The van der Waals surface area contributed by atoms with Gasteiger partial charge >= 0.3 is 0 Å². The van der Waals surface area contributed by atoms with Gasteiger partial charge in [0.2, 0.25) is 0 Å². The molecule has 0 spiro atoms. The van der Waals surface area contributed by atoms with Crippen molar-refractivity contribution in [2.24, 2.45) is 4.99 Å². The van der Waals surface area contributed by atoms with Gasteiger partial charge in [-0.15, -0.1) is 24.0 Å². The summed E-state index contributed by atoms with van der Waals surface area (Å²) in [4.78, 5) is 9.22. The van der Waals surface area contributed by atoms with E-state index in [1.165, 1.54) is 16.3 Å². The first-order chi connectivity index (χ1) is 12.9. The Balaban J connectivity index is 0.00000261. The zero-order valence-electron chi connectivity index (χ0n) is 15.7. The summed E-state index contributed by atoms with van der Waals surface area (Å²) in [6.45, 7) is 4.38. The molecule has 3 aromatic rings. The first kappa shape index (κ1) is 21.2. The average molecular weight is 474 g/mol. The maximum Gasteiger partial charge on any atom is 0.191 e. The molecule has 4 nitrogen and oxygen atoms in total. The summed E-state index contributed by atoms with van der Waals surface area (Å²) < 4.78 is 0. The third-order valence-electron chi connectivity index (χ3n) is 4.26. The van der Waals surface area contributed by atoms with E-state index < -0.39 is 0 Å². The van der Waals surface area contributed by atoms with Crippen LogP contribution in [-0.4, -0.2) is 24.0 Å². The van der Waals surface area contributed by atoms with Crippen molar-refractivity contribution in [2.45, 2.75) is 26.3 Å². The third-order valence-corrected chi connectivity index (χ3v) is 4.26. The smallest absolute Gasteiger partial charge is 0.191 e. The zero-order chi connectivity index (χ0) is 18.0. The third kappa shape index (κ3) is 6.50. The topological polar surface area (TPSA) is 49.3 Å². The number of pyridine rings is 1. The molecule has 0 saturated heterocycles. The van der Waals surface area contributed by atoms with Crippen LogP contribution in [0.1, 0.15) is 24.6 Å². The van der Waals surface area contributed by atoms with Crippen LogP contribution < -0.4 is 10.6 Å². The predicted octanol–water partition coefficient (Wildman–Crippen LogP) is 4.54. The fraction of sp³-hybridized carbons (Fsp3) is 0.273. The molecule has 0 aliphatic rings. The van der Waals surface area contributed by atoms with Gasteiger partial charge in [0, 0.05) is 24.7 Å². The molecule has 2 N–H and O–H groups in total. The summed E-state index contributed by atoms with van der Waals surface area (Å²) in [7, 11) is 0. The Morgan fingerprint density at radius 2 is 1.74 bits per heavy atom. The minimum atomic E-state index is 0. The monoisotopic (exact) mass is 474 g/mol. The molecular weight excluding hydrogens is 447 g/mol. The van der Waals surface area contributed by atoms with Crippen LogP contribution in [0.3, 0.4) is 0 Å². The Kier molecular flexibility index (Phi) is 9.04. The molecule has 0 aliphatic carbocycles. The van der Waals surface area contributed by atoms with Crippen LogP contribution in [0.25, 0.3) is 10.8 Å². The molecule has 0 amide bonds. The van der Waals surface area contributed by atoms with E-state index in [0.717, 1.165) is 37.6 Å². The van der Waals surface area contributed by atoms with Gasteiger partial charge < -0.3 is 10.6 Å². The van der Waals surface area contributed by atoms with E-state index in [2.05, 4.69) is 65.0 Å². The van der Waals surface area contributed by atoms with E-state index in [4.69, 9.17) is 4.99 Å². The summed E-state index contributed by atoms with van der Waals surface area (Å²) >= 11 is 0. The lowest BCUT2D eigenvalue weighted by Crippen LogP contribution is -2.37. The van der Waals surface area contributed by atoms with Gasteiger partial charge in [-0.1, -0.05) is 54.6 Å². The SMILES string of the molecule is CCNC(=NCc1nccc2ccccc12)NCCCc1ccccc1.I. The second-order valence-corrected chi connectivity index (χ2v) is 6.19. The fourth-order valence-electron chi connectivity index (χ4n) is 2.95. The standard InChI is InChI=1S/C22H26N4.HI/c1-2-23-22(25-15-8-11-18-9-4-3-5-10-18)26-17-21-20-13-7-6-12-19(20)14-16-24-21;/h3-7,9-10,12-14,16H,2,8,11,15,17H2,1H3,(H2,23,25,26);1H. The summed E-state index contributed by atoms with van der Waals surface area (Å²) in [6, 6.07) is 20.9. The predicted molar refractivity (Wildman–Crippen MR) is 125 cm³/mol. The minimum absolute atomic E-state index is 0. The van der Waals surface area contributed by atoms with Gasteiger partial charge in [0.05, 0.1) is 12.2 Å². The lowest BCUT2D eigenvalue weighted by atomic mass is 10.1. The lowest BCUT2D eigenvalue weighted by Gasteiger charge is -2.11. The Bertz CT molecular complexity index is 844. The van der Waals surface area contributed by atoms with Gasteiger partial charge in [-0.05, 0) is 36.8 Å². The van der Waals surface area contributed by atoms with Crippen LogP contribution in [0.2, 0.25) is 0 Å². The highest BCUT2D eigenvalue weighted by molar-refractivity contribution is 14.0. The van der Waals surface area contributed by atoms with Gasteiger partial charge in [0.25, 0.3) is 0 Å². The molecule has 0 radical (unpaired) electrons. The van der Waals surface area contributed by atoms with Crippen LogP contribution in [0.4, 0.5) is 0 Å². The minimum Gasteiger partial charge on any atom is -0.357 e. The number of guanidine groups is 1. The van der Waals surface area contributed by atoms with Crippen LogP contribution in [-0.2, 0) is 13.0 Å². The molecule has 1 aromatic heterocycles. The Morgan fingerprint density at radius 3 is 2.56 bits per heavy atom. The first-order valence-electron chi connectivity index (χ1n) is 9.25. The molecule has 0 aliphatic heterocycles. The highest BCUT2D eigenvalue weighted by atomic mass is 127. The molecule has 0 saturated carbocycles. The number of nitrogens with one attached hydrogen (secondary N) is 2. The number of hydrogen-bond acceptors (Lipinski definition) is 2. The lowest BCUT2D eigenvalue weighted by molar-refractivity contribution is 0.743. The fourth-order valence-corrected chi connectivity index (χ4v) is 2.95. The highest BCUT2D eigenvalue weighted by Crippen LogP contribution is 2.16. The van der Waals surface area contributed by atoms with Crippen molar-refractivity contribution in [2.75, 3.05) is 13.1 Å². The number of benzene rings is 2. The van der Waals surface area contributed by atoms with Gasteiger partial charge in [-0.2, -0.15) is 0 Å². The van der Waals surface area contributed by atoms with Gasteiger partial charge in [-0.3, -0.25) is 4.98 Å². The number of halogens is 1. The molecule has 2 aromatic carbocycles. The molecule has 0 fully saturated rings. The van der Waals surface area contributed by atoms with Crippen molar-refractivity contribution >= 4 is 40.7 Å². The summed E-state index contributed by atoms with van der Waals surface area (Å²) in [5, 5.41) is 9.10. The van der Waals surface area contributed by atoms with Crippen LogP contribution in [0.15, 0.2) is 71.9 Å². The van der Waals surface area contributed by atoms with E-state index in [1.54, 1.807) is 0 Å². The average Bonchev–Trinajstić information content (AvgIpc) is 2.70. The summed E-state index contributed by atoms with van der Waals surface area (Å²) in [5.41, 5.74) is 2.38. The Hall–Kier alpha value is -2.15. The number of hydrogen-bond donors (Lipinski definition) is 2. The van der Waals surface area contributed by atoms with Crippen molar-refractivity contribution in [1.29, 1.82) is 0 Å². The van der Waals surface area contributed by atoms with Crippen molar-refractivity contribution in [3.63, 3.8) is 0 Å². The number of aromatic nitrogens is 1. The molecule has 1 heterocycles. The van der Waals surface area contributed by atoms with Crippen molar-refractivity contribution in [3.05, 3.63) is 78.1 Å². The number of aryl methyl sites for hydroxylation is 1. The number of rotatable bonds is 7. The molecule has 3 rings (SSSR count). The zero-order valence-corrected chi connectivity index (χ0v) is 18.0. The van der Waals surface area contributed by atoms with E-state index in [0.29, 0.717) is 6.54 Å². The molecule has 0 unspecified atom stereocenters. The highest BCUT2D eigenvalue weighted by Gasteiger charge is 2.02. The van der Waals surface area contributed by atoms with E-state index in [-0.39, 0.29) is 24.0 Å². The van der Waals surface area contributed by atoms with Crippen molar-refractivity contribution in [3.8, 4) is 0 Å². The van der Waals surface area contributed by atoms with Gasteiger partial charge in [0.1, 0.15) is 0 Å². The normalized spacial score (nSPS) is 11.1. The van der Waals surface area contributed by atoms with E-state index >= 15 is 0 Å². The number of nitrogens with zero attached hydrogens (tertiary/aromatic N) is 2. The maximum atomic E-state index is 4.71. The first-order valence-corrected chi connectivity index (χ1v) is 9.25. The quantitative estimate of drug-likeness (QED) is 0.229. The molecule has 27 heavy (non-hydrogen) atoms. The molecule has 0 atom stereocenters. The van der Waals surface area contributed by atoms with E-state index in [9.17, 15) is 0 Å². The maximum absolute atomic E-state index is 4.71. The van der Waals surface area contributed by atoms with E-state index in [1.807, 2.05) is 24.4 Å².